The summed E-state index contributed by atoms with van der Waals surface area (Å²) >= 11 is 0. The lowest BCUT2D eigenvalue weighted by Gasteiger charge is -2.00. The third kappa shape index (κ3) is 3.03. The minimum atomic E-state index is -0.534. The van der Waals surface area contributed by atoms with E-state index < -0.39 is 5.91 Å². The molecule has 0 bridgehead atoms. The predicted molar refractivity (Wildman–Crippen MR) is 80.9 cm³/mol. The van der Waals surface area contributed by atoms with Crippen molar-refractivity contribution in [3.8, 4) is 0 Å². The Morgan fingerprint density at radius 3 is 2.70 bits per heavy atom. The number of aromatic nitrogens is 2. The second-order valence-corrected chi connectivity index (χ2v) is 4.80. The molecule has 4 nitrogen and oxygen atoms in total. The zero-order valence-corrected chi connectivity index (χ0v) is 11.6. The van der Waals surface area contributed by atoms with Gasteiger partial charge in [0.05, 0.1) is 5.69 Å². The first-order chi connectivity index (χ1) is 9.47. The Kier molecular flexibility index (Phi) is 3.84. The predicted octanol–water partition coefficient (Wildman–Crippen LogP) is 2.73. The monoisotopic (exact) mass is 267 g/mol. The number of pyridine rings is 1. The number of imidazole rings is 1. The Balaban J connectivity index is 2.53. The van der Waals surface area contributed by atoms with E-state index in [1.165, 1.54) is 0 Å². The Bertz CT molecular complexity index is 698. The maximum absolute atomic E-state index is 11.2. The average molecular weight is 267 g/mol. The summed E-state index contributed by atoms with van der Waals surface area (Å²) in [6.45, 7) is 7.63. The van der Waals surface area contributed by atoms with Crippen molar-refractivity contribution in [3.63, 3.8) is 0 Å². The van der Waals surface area contributed by atoms with Gasteiger partial charge in [-0.25, -0.2) is 4.98 Å². The summed E-state index contributed by atoms with van der Waals surface area (Å²) < 4.78 is 1.93. The number of rotatable bonds is 4. The molecule has 2 N–H and O–H groups in total. The highest BCUT2D eigenvalue weighted by Crippen LogP contribution is 2.19. The van der Waals surface area contributed by atoms with Crippen molar-refractivity contribution in [2.24, 2.45) is 5.73 Å². The van der Waals surface area contributed by atoms with Gasteiger partial charge in [0.15, 0.2) is 0 Å². The largest absolute Gasteiger partial charge is 0.366 e. The average Bonchev–Trinajstić information content (AvgIpc) is 2.80. The summed E-state index contributed by atoms with van der Waals surface area (Å²) in [5, 5.41) is 0. The molecular weight excluding hydrogens is 250 g/mol. The highest BCUT2D eigenvalue weighted by atomic mass is 16.1. The second-order valence-electron chi connectivity index (χ2n) is 4.80. The van der Waals surface area contributed by atoms with Gasteiger partial charge in [0.2, 0.25) is 5.91 Å². The molecule has 2 aromatic heterocycles. The number of carbonyl (C=O) groups excluding carboxylic acids is 1. The molecule has 0 saturated carbocycles. The fourth-order valence-electron chi connectivity index (χ4n) is 1.83. The number of amides is 1. The van der Waals surface area contributed by atoms with Gasteiger partial charge in [0.1, 0.15) is 5.65 Å². The molecule has 0 atom stereocenters. The van der Waals surface area contributed by atoms with Crippen LogP contribution in [0.5, 0.6) is 0 Å². The van der Waals surface area contributed by atoms with E-state index in [0.717, 1.165) is 22.5 Å². The quantitative estimate of drug-likeness (QED) is 0.684. The minimum Gasteiger partial charge on any atom is -0.366 e. The standard InChI is InChI=1S/C16H17N3O/c1-11(2)8-13(9-12(3)16(17)20)14-10-19-7-5-4-6-15(19)18-14/h4-10H,3H2,1-2H3,(H2,17,20)/b13-9+. The molecule has 0 fully saturated rings. The molecule has 0 aliphatic heterocycles. The summed E-state index contributed by atoms with van der Waals surface area (Å²) in [6, 6.07) is 5.79. The molecule has 0 saturated heterocycles. The number of allylic oxidation sites excluding steroid dienone is 3. The molecule has 4 heteroatoms. The molecule has 2 heterocycles. The van der Waals surface area contributed by atoms with Crippen LogP contribution in [0.1, 0.15) is 19.5 Å². The van der Waals surface area contributed by atoms with Crippen molar-refractivity contribution in [3.05, 3.63) is 66.2 Å². The van der Waals surface area contributed by atoms with Crippen LogP contribution in [-0.2, 0) is 4.79 Å². The van der Waals surface area contributed by atoms with Crippen molar-refractivity contribution in [1.82, 2.24) is 9.38 Å². The zero-order chi connectivity index (χ0) is 14.7. The van der Waals surface area contributed by atoms with Gasteiger partial charge in [-0.3, -0.25) is 4.79 Å². The van der Waals surface area contributed by atoms with E-state index in [-0.39, 0.29) is 5.57 Å². The van der Waals surface area contributed by atoms with Crippen LogP contribution in [0.15, 0.2) is 60.5 Å². The molecule has 102 valence electrons. The molecule has 0 aromatic carbocycles. The summed E-state index contributed by atoms with van der Waals surface area (Å²) in [4.78, 5) is 15.7. The molecule has 0 unspecified atom stereocenters. The van der Waals surface area contributed by atoms with Crippen LogP contribution < -0.4 is 5.73 Å². The first-order valence-corrected chi connectivity index (χ1v) is 6.27. The summed E-state index contributed by atoms with van der Waals surface area (Å²) in [5.74, 6) is -0.534. The van der Waals surface area contributed by atoms with Gasteiger partial charge in [-0.15, -0.1) is 0 Å². The number of fused-ring (bicyclic) bond motifs is 1. The lowest BCUT2D eigenvalue weighted by atomic mass is 10.1. The van der Waals surface area contributed by atoms with E-state index in [2.05, 4.69) is 11.6 Å². The van der Waals surface area contributed by atoms with E-state index in [1.807, 2.05) is 54.9 Å². The number of primary amides is 1. The fourth-order valence-corrected chi connectivity index (χ4v) is 1.83. The van der Waals surface area contributed by atoms with Crippen LogP contribution in [0.4, 0.5) is 0 Å². The molecule has 0 spiro atoms. The number of carbonyl (C=O) groups is 1. The number of hydrogen-bond donors (Lipinski definition) is 1. The van der Waals surface area contributed by atoms with Crippen molar-refractivity contribution >= 4 is 17.1 Å². The van der Waals surface area contributed by atoms with Crippen LogP contribution in [-0.4, -0.2) is 15.3 Å². The number of nitrogens with two attached hydrogens (primary N) is 1. The summed E-state index contributed by atoms with van der Waals surface area (Å²) in [7, 11) is 0. The Hall–Kier alpha value is -2.62. The SMILES string of the molecule is C=C(/C=C(\C=C(C)C)c1cn2ccccc2n1)C(N)=O. The molecule has 20 heavy (non-hydrogen) atoms. The molecule has 0 aliphatic rings. The van der Waals surface area contributed by atoms with Gasteiger partial charge >= 0.3 is 0 Å². The van der Waals surface area contributed by atoms with Crippen LogP contribution in [0.2, 0.25) is 0 Å². The third-order valence-electron chi connectivity index (χ3n) is 2.75. The van der Waals surface area contributed by atoms with Crippen molar-refractivity contribution in [2.75, 3.05) is 0 Å². The highest BCUT2D eigenvalue weighted by molar-refractivity contribution is 5.97. The van der Waals surface area contributed by atoms with E-state index >= 15 is 0 Å². The summed E-state index contributed by atoms with van der Waals surface area (Å²) in [5.41, 5.74) is 9.04. The first-order valence-electron chi connectivity index (χ1n) is 6.27. The topological polar surface area (TPSA) is 60.4 Å². The Morgan fingerprint density at radius 2 is 2.10 bits per heavy atom. The molecular formula is C16H17N3O. The van der Waals surface area contributed by atoms with Gasteiger partial charge in [-0.05, 0) is 32.1 Å². The minimum absolute atomic E-state index is 0.259. The lowest BCUT2D eigenvalue weighted by molar-refractivity contribution is -0.114. The Labute approximate surface area is 117 Å². The van der Waals surface area contributed by atoms with Gasteiger partial charge in [-0.2, -0.15) is 0 Å². The normalized spacial score (nSPS) is 11.4. The Morgan fingerprint density at radius 1 is 1.35 bits per heavy atom. The maximum Gasteiger partial charge on any atom is 0.248 e. The van der Waals surface area contributed by atoms with Crippen LogP contribution in [0.25, 0.3) is 11.2 Å². The molecule has 2 rings (SSSR count). The number of hydrogen-bond acceptors (Lipinski definition) is 2. The smallest absolute Gasteiger partial charge is 0.248 e. The lowest BCUT2D eigenvalue weighted by Crippen LogP contribution is -2.11. The van der Waals surface area contributed by atoms with E-state index in [0.29, 0.717) is 0 Å². The first kappa shape index (κ1) is 13.8. The van der Waals surface area contributed by atoms with Crippen LogP contribution in [0.3, 0.4) is 0 Å². The highest BCUT2D eigenvalue weighted by Gasteiger charge is 2.07. The maximum atomic E-state index is 11.2. The fraction of sp³-hybridized carbons (Fsp3) is 0.125. The van der Waals surface area contributed by atoms with E-state index in [1.54, 1.807) is 6.08 Å². The van der Waals surface area contributed by atoms with E-state index in [4.69, 9.17) is 5.73 Å². The zero-order valence-electron chi connectivity index (χ0n) is 11.6. The molecule has 2 aromatic rings. The van der Waals surface area contributed by atoms with Crippen molar-refractivity contribution < 1.29 is 4.79 Å². The summed E-state index contributed by atoms with van der Waals surface area (Å²) in [6.07, 6.45) is 7.46. The molecule has 0 aliphatic carbocycles. The van der Waals surface area contributed by atoms with Gasteiger partial charge < -0.3 is 10.1 Å². The molecule has 1 amide bonds. The number of nitrogens with zero attached hydrogens (tertiary/aromatic N) is 2. The second kappa shape index (κ2) is 5.57. The third-order valence-corrected chi connectivity index (χ3v) is 2.75. The van der Waals surface area contributed by atoms with Gasteiger partial charge in [-0.1, -0.05) is 24.3 Å². The van der Waals surface area contributed by atoms with Crippen LogP contribution in [0, 0.1) is 0 Å². The molecule has 0 radical (unpaired) electrons. The van der Waals surface area contributed by atoms with Gasteiger partial charge in [0, 0.05) is 23.5 Å². The van der Waals surface area contributed by atoms with Crippen molar-refractivity contribution in [2.45, 2.75) is 13.8 Å². The van der Waals surface area contributed by atoms with Crippen molar-refractivity contribution in [1.29, 1.82) is 0 Å². The van der Waals surface area contributed by atoms with E-state index in [9.17, 15) is 4.79 Å². The van der Waals surface area contributed by atoms with Crippen LogP contribution >= 0.6 is 0 Å². The van der Waals surface area contributed by atoms with Gasteiger partial charge in [0.25, 0.3) is 0 Å².